The van der Waals surface area contributed by atoms with Crippen LogP contribution in [0.3, 0.4) is 0 Å². The summed E-state index contributed by atoms with van der Waals surface area (Å²) in [6, 6.07) is 0. The molecule has 1 aliphatic rings. The zero-order valence-electron chi connectivity index (χ0n) is 12.3. The Morgan fingerprint density at radius 3 is 2.79 bits per heavy atom. The largest absolute Gasteiger partial charge is 0.481 e. The lowest BCUT2D eigenvalue weighted by Gasteiger charge is -2.36. The van der Waals surface area contributed by atoms with E-state index in [-0.39, 0.29) is 5.92 Å². The first-order valence-electron chi connectivity index (χ1n) is 7.16. The van der Waals surface area contributed by atoms with Crippen molar-refractivity contribution in [2.24, 2.45) is 11.3 Å². The Morgan fingerprint density at radius 1 is 1.47 bits per heavy atom. The molecule has 0 bridgehead atoms. The maximum Gasteiger partial charge on any atom is 0.314 e. The van der Waals surface area contributed by atoms with Gasteiger partial charge in [0, 0.05) is 13.7 Å². The van der Waals surface area contributed by atoms with Gasteiger partial charge in [0.25, 0.3) is 0 Å². The van der Waals surface area contributed by atoms with Crippen molar-refractivity contribution in [2.75, 3.05) is 13.7 Å². The normalized spacial score (nSPS) is 26.3. The maximum atomic E-state index is 11.8. The molecule has 0 radical (unpaired) electrons. The number of rotatable bonds is 8. The summed E-state index contributed by atoms with van der Waals surface area (Å²) >= 11 is 0. The van der Waals surface area contributed by atoms with E-state index >= 15 is 0 Å². The molecule has 0 aromatic heterocycles. The lowest BCUT2D eigenvalue weighted by Crippen LogP contribution is -2.38. The molecule has 19 heavy (non-hydrogen) atoms. The Kier molecular flexibility index (Phi) is 6.29. The average Bonchev–Trinajstić information content (AvgIpc) is 2.38. The third-order valence-corrected chi connectivity index (χ3v) is 3.99. The van der Waals surface area contributed by atoms with Crippen LogP contribution < -0.4 is 0 Å². The first kappa shape index (κ1) is 16.0. The molecule has 0 spiro atoms. The van der Waals surface area contributed by atoms with Crippen LogP contribution in [-0.2, 0) is 9.53 Å². The number of hydrogen-bond donors (Lipinski definition) is 1. The zero-order valence-corrected chi connectivity index (χ0v) is 12.3. The molecule has 0 saturated heterocycles. The van der Waals surface area contributed by atoms with Crippen LogP contribution in [-0.4, -0.2) is 24.8 Å². The van der Waals surface area contributed by atoms with Gasteiger partial charge in [0.15, 0.2) is 0 Å². The highest BCUT2D eigenvalue weighted by Crippen LogP contribution is 2.42. The van der Waals surface area contributed by atoms with E-state index in [1.54, 1.807) is 7.11 Å². The van der Waals surface area contributed by atoms with E-state index < -0.39 is 11.4 Å². The van der Waals surface area contributed by atoms with Gasteiger partial charge < -0.3 is 9.84 Å². The number of hydrogen-bond acceptors (Lipinski definition) is 2. The van der Waals surface area contributed by atoms with Crippen LogP contribution in [0.2, 0.25) is 0 Å². The zero-order chi connectivity index (χ0) is 14.3. The minimum Gasteiger partial charge on any atom is -0.481 e. The van der Waals surface area contributed by atoms with Crippen LogP contribution in [0.4, 0.5) is 0 Å². The molecule has 1 rings (SSSR count). The summed E-state index contributed by atoms with van der Waals surface area (Å²) < 4.78 is 5.13. The van der Waals surface area contributed by atoms with Crippen LogP contribution in [0.1, 0.15) is 46.0 Å². The van der Waals surface area contributed by atoms with Gasteiger partial charge in [-0.05, 0) is 25.7 Å². The fraction of sp³-hybridized carbons (Fsp3) is 0.688. The fourth-order valence-electron chi connectivity index (χ4n) is 2.78. The van der Waals surface area contributed by atoms with Crippen LogP contribution >= 0.6 is 0 Å². The highest BCUT2D eigenvalue weighted by atomic mass is 16.5. The van der Waals surface area contributed by atoms with Crippen LogP contribution in [0.15, 0.2) is 23.8 Å². The van der Waals surface area contributed by atoms with Crippen molar-refractivity contribution in [2.45, 2.75) is 46.0 Å². The second-order valence-electron chi connectivity index (χ2n) is 5.43. The number of methoxy groups -OCH3 is 1. The molecular weight excluding hydrogens is 240 g/mol. The number of carboxylic acid groups (broad SMARTS) is 1. The average molecular weight is 266 g/mol. The molecule has 3 nitrogen and oxygen atoms in total. The van der Waals surface area contributed by atoms with Crippen LogP contribution in [0.25, 0.3) is 0 Å². The number of aliphatic carboxylic acids is 1. The Hall–Kier alpha value is -1.09. The summed E-state index contributed by atoms with van der Waals surface area (Å²) in [4.78, 5) is 11.8. The molecule has 0 aromatic rings. The Balaban J connectivity index is 2.90. The molecule has 0 aromatic carbocycles. The van der Waals surface area contributed by atoms with Crippen molar-refractivity contribution in [3.05, 3.63) is 23.8 Å². The maximum absolute atomic E-state index is 11.8. The summed E-state index contributed by atoms with van der Waals surface area (Å²) in [5.41, 5.74) is 0.404. The lowest BCUT2D eigenvalue weighted by atomic mass is 9.67. The van der Waals surface area contributed by atoms with Crippen molar-refractivity contribution in [1.82, 2.24) is 0 Å². The van der Waals surface area contributed by atoms with Crippen molar-refractivity contribution >= 4 is 5.97 Å². The lowest BCUT2D eigenvalue weighted by molar-refractivity contribution is -0.149. The van der Waals surface area contributed by atoms with Gasteiger partial charge in [-0.15, -0.1) is 0 Å². The van der Waals surface area contributed by atoms with Gasteiger partial charge in [-0.25, -0.2) is 0 Å². The van der Waals surface area contributed by atoms with E-state index in [4.69, 9.17) is 4.74 Å². The molecule has 0 amide bonds. The molecule has 0 fully saturated rings. The van der Waals surface area contributed by atoms with Gasteiger partial charge in [0.1, 0.15) is 0 Å². The number of carboxylic acids is 1. The topological polar surface area (TPSA) is 46.5 Å². The highest BCUT2D eigenvalue weighted by molar-refractivity contribution is 5.78. The van der Waals surface area contributed by atoms with Gasteiger partial charge in [0.05, 0.1) is 5.41 Å². The number of allylic oxidation sites excluding steroid dienone is 3. The molecule has 2 unspecified atom stereocenters. The van der Waals surface area contributed by atoms with Gasteiger partial charge in [-0.1, -0.05) is 50.0 Å². The van der Waals surface area contributed by atoms with Crippen molar-refractivity contribution in [3.63, 3.8) is 0 Å². The first-order chi connectivity index (χ1) is 9.06. The smallest absolute Gasteiger partial charge is 0.314 e. The van der Waals surface area contributed by atoms with E-state index in [1.165, 1.54) is 0 Å². The van der Waals surface area contributed by atoms with Gasteiger partial charge in [-0.2, -0.15) is 0 Å². The van der Waals surface area contributed by atoms with E-state index in [0.717, 1.165) is 31.3 Å². The predicted molar refractivity (Wildman–Crippen MR) is 77.1 cm³/mol. The molecule has 1 aliphatic carbocycles. The Labute approximate surface area is 116 Å². The molecule has 0 saturated carbocycles. The molecule has 1 N–H and O–H groups in total. The minimum absolute atomic E-state index is 0.0341. The summed E-state index contributed by atoms with van der Waals surface area (Å²) in [5.74, 6) is -0.670. The summed E-state index contributed by atoms with van der Waals surface area (Å²) in [6.07, 6.45) is 10.6. The molecular formula is C16H26O3. The second kappa shape index (κ2) is 7.49. The Morgan fingerprint density at radius 2 is 2.21 bits per heavy atom. The summed E-state index contributed by atoms with van der Waals surface area (Å²) in [7, 11) is 1.66. The minimum atomic E-state index is -0.743. The third kappa shape index (κ3) is 3.93. The van der Waals surface area contributed by atoms with Crippen molar-refractivity contribution in [1.29, 1.82) is 0 Å². The molecule has 2 atom stereocenters. The van der Waals surface area contributed by atoms with E-state index in [9.17, 15) is 9.90 Å². The summed E-state index contributed by atoms with van der Waals surface area (Å²) in [5, 5.41) is 9.72. The number of ether oxygens (including phenoxy) is 1. The monoisotopic (exact) mass is 266 g/mol. The number of unbranched alkanes of at least 4 members (excludes halogenated alkanes) is 2. The molecule has 108 valence electrons. The number of carbonyl (C=O) groups is 1. The molecule has 3 heteroatoms. The highest BCUT2D eigenvalue weighted by Gasteiger charge is 2.43. The molecule has 0 heterocycles. The van der Waals surface area contributed by atoms with Gasteiger partial charge in [0.2, 0.25) is 0 Å². The van der Waals surface area contributed by atoms with Crippen molar-refractivity contribution < 1.29 is 14.6 Å². The standard InChI is InChI=1S/C16H26O3/c1-4-5-6-9-16(15(17)18)10-7-13(2)12-14(16)8-11-19-3/h7,10,12,14H,4-6,8-9,11H2,1-3H3,(H,17,18). The first-order valence-corrected chi connectivity index (χ1v) is 7.16. The predicted octanol–water partition coefficient (Wildman–Crippen LogP) is 3.81. The second-order valence-corrected chi connectivity index (χ2v) is 5.43. The van der Waals surface area contributed by atoms with Gasteiger partial charge >= 0.3 is 5.97 Å². The van der Waals surface area contributed by atoms with E-state index in [1.807, 2.05) is 19.1 Å². The SMILES string of the molecule is CCCCCC1(C(=O)O)C=CC(C)=CC1CCOC. The van der Waals surface area contributed by atoms with Crippen LogP contribution in [0.5, 0.6) is 0 Å². The quantitative estimate of drug-likeness (QED) is 0.680. The van der Waals surface area contributed by atoms with Crippen molar-refractivity contribution in [3.8, 4) is 0 Å². The van der Waals surface area contributed by atoms with Gasteiger partial charge in [-0.3, -0.25) is 4.79 Å². The molecule has 0 aliphatic heterocycles. The van der Waals surface area contributed by atoms with Crippen LogP contribution in [0, 0.1) is 11.3 Å². The fourth-order valence-corrected chi connectivity index (χ4v) is 2.78. The third-order valence-electron chi connectivity index (χ3n) is 3.99. The van der Waals surface area contributed by atoms with E-state index in [0.29, 0.717) is 13.0 Å². The van der Waals surface area contributed by atoms with E-state index in [2.05, 4.69) is 13.0 Å². The Bertz CT molecular complexity index is 357. The summed E-state index contributed by atoms with van der Waals surface area (Å²) in [6.45, 7) is 4.76.